The molecule has 3 heteroatoms. The van der Waals surface area contributed by atoms with Crippen LogP contribution in [-0.4, -0.2) is 11.7 Å². The molecule has 0 saturated heterocycles. The Morgan fingerprint density at radius 2 is 1.53 bits per heavy atom. The molecular weight excluding hydrogens is 234 g/mol. The molecule has 0 aliphatic rings. The summed E-state index contributed by atoms with van der Waals surface area (Å²) in [7, 11) is 0. The molecule has 0 saturated carbocycles. The summed E-state index contributed by atoms with van der Waals surface area (Å²) in [6.07, 6.45) is 0. The van der Waals surface area contributed by atoms with Crippen LogP contribution >= 0.6 is 0 Å². The van der Waals surface area contributed by atoms with Gasteiger partial charge in [-0.2, -0.15) is 0 Å². The predicted octanol–water partition coefficient (Wildman–Crippen LogP) is 3.01. The maximum absolute atomic E-state index is 5.93. The van der Waals surface area contributed by atoms with Crippen molar-refractivity contribution in [1.29, 1.82) is 0 Å². The summed E-state index contributed by atoms with van der Waals surface area (Å²) in [5.41, 5.74) is 8.01. The van der Waals surface area contributed by atoms with Gasteiger partial charge < -0.3 is 5.73 Å². The Kier molecular flexibility index (Phi) is 4.45. The third kappa shape index (κ3) is 4.07. The van der Waals surface area contributed by atoms with Gasteiger partial charge in [-0.25, -0.2) is 4.99 Å². The highest BCUT2D eigenvalue weighted by atomic mass is 15.0. The molecule has 19 heavy (non-hydrogen) atoms. The van der Waals surface area contributed by atoms with Gasteiger partial charge in [0, 0.05) is 5.56 Å². The summed E-state index contributed by atoms with van der Waals surface area (Å²) in [6, 6.07) is 19.8. The van der Waals surface area contributed by atoms with Gasteiger partial charge in [0.15, 0.2) is 0 Å². The predicted molar refractivity (Wildman–Crippen MR) is 80.4 cm³/mol. The minimum absolute atomic E-state index is 0.495. The summed E-state index contributed by atoms with van der Waals surface area (Å²) in [5, 5.41) is 0. The van der Waals surface area contributed by atoms with Crippen molar-refractivity contribution >= 4 is 11.7 Å². The molecule has 0 fully saturated rings. The Hall–Kier alpha value is -2.42. The van der Waals surface area contributed by atoms with Gasteiger partial charge in [0.05, 0.1) is 6.54 Å². The number of hydrogen-bond acceptors (Lipinski definition) is 1. The van der Waals surface area contributed by atoms with Gasteiger partial charge >= 0.3 is 0 Å². The van der Waals surface area contributed by atoms with E-state index in [-0.39, 0.29) is 0 Å². The maximum Gasteiger partial charge on any atom is 0.132 e. The monoisotopic (exact) mass is 251 g/mol. The van der Waals surface area contributed by atoms with Crippen LogP contribution in [0.15, 0.2) is 70.6 Å². The number of nitrogens with two attached hydrogens (primary N) is 1. The van der Waals surface area contributed by atoms with E-state index in [1.54, 1.807) is 0 Å². The van der Waals surface area contributed by atoms with E-state index >= 15 is 0 Å². The molecule has 0 bridgehead atoms. The van der Waals surface area contributed by atoms with E-state index in [0.29, 0.717) is 18.2 Å². The van der Waals surface area contributed by atoms with Crippen LogP contribution in [-0.2, 0) is 6.54 Å². The van der Waals surface area contributed by atoms with Crippen LogP contribution < -0.4 is 5.73 Å². The summed E-state index contributed by atoms with van der Waals surface area (Å²) in [4.78, 5) is 8.72. The topological polar surface area (TPSA) is 50.7 Å². The van der Waals surface area contributed by atoms with Gasteiger partial charge in [0.2, 0.25) is 0 Å². The molecule has 0 atom stereocenters. The second-order valence-corrected chi connectivity index (χ2v) is 4.21. The number of amidine groups is 2. The normalized spacial score (nSPS) is 12.5. The lowest BCUT2D eigenvalue weighted by molar-refractivity contribution is 1.06. The summed E-state index contributed by atoms with van der Waals surface area (Å²) in [6.45, 7) is 2.48. The second kappa shape index (κ2) is 6.50. The zero-order valence-electron chi connectivity index (χ0n) is 11.0. The molecule has 0 aliphatic heterocycles. The second-order valence-electron chi connectivity index (χ2n) is 4.21. The molecule has 96 valence electrons. The van der Waals surface area contributed by atoms with E-state index < -0.39 is 0 Å². The highest BCUT2D eigenvalue weighted by Crippen LogP contribution is 2.02. The highest BCUT2D eigenvalue weighted by molar-refractivity contribution is 6.04. The number of hydrogen-bond donors (Lipinski definition) is 1. The van der Waals surface area contributed by atoms with E-state index in [4.69, 9.17) is 5.73 Å². The van der Waals surface area contributed by atoms with E-state index in [1.807, 2.05) is 67.6 Å². The fraction of sp³-hybridized carbons (Fsp3) is 0.125. The van der Waals surface area contributed by atoms with Crippen molar-refractivity contribution in [2.24, 2.45) is 15.7 Å². The van der Waals surface area contributed by atoms with Crippen molar-refractivity contribution in [2.75, 3.05) is 0 Å². The quantitative estimate of drug-likeness (QED) is 0.661. The van der Waals surface area contributed by atoms with Crippen LogP contribution in [0.3, 0.4) is 0 Å². The molecule has 0 unspecified atom stereocenters. The molecule has 0 heterocycles. The summed E-state index contributed by atoms with van der Waals surface area (Å²) >= 11 is 0. The molecule has 2 aromatic rings. The molecule has 3 nitrogen and oxygen atoms in total. The average molecular weight is 251 g/mol. The molecule has 0 spiro atoms. The van der Waals surface area contributed by atoms with Gasteiger partial charge in [-0.1, -0.05) is 60.7 Å². The maximum atomic E-state index is 5.93. The van der Waals surface area contributed by atoms with Gasteiger partial charge in [0.25, 0.3) is 0 Å². The highest BCUT2D eigenvalue weighted by Gasteiger charge is 1.97. The van der Waals surface area contributed by atoms with Crippen LogP contribution in [0.4, 0.5) is 0 Å². The van der Waals surface area contributed by atoms with Gasteiger partial charge in [0.1, 0.15) is 11.7 Å². The van der Waals surface area contributed by atoms with Crippen molar-refractivity contribution in [3.05, 3.63) is 71.8 Å². The number of aliphatic imine (C=N–C) groups is 2. The van der Waals surface area contributed by atoms with Crippen molar-refractivity contribution < 1.29 is 0 Å². The van der Waals surface area contributed by atoms with Gasteiger partial charge in [-0.3, -0.25) is 4.99 Å². The standard InChI is InChI=1S/C16H17N3/c1-13(18-12-14-8-4-2-5-9-14)19-16(17)15-10-6-3-7-11-15/h2-11H,12H2,1H3,(H2,17,18,19). The molecule has 0 amide bonds. The molecule has 2 N–H and O–H groups in total. The smallest absolute Gasteiger partial charge is 0.132 e. The molecule has 2 aromatic carbocycles. The van der Waals surface area contributed by atoms with Crippen molar-refractivity contribution in [3.8, 4) is 0 Å². The number of nitrogens with zero attached hydrogens (tertiary/aromatic N) is 2. The van der Waals surface area contributed by atoms with Crippen LogP contribution in [0, 0.1) is 0 Å². The largest absolute Gasteiger partial charge is 0.383 e. The minimum atomic E-state index is 0.495. The average Bonchev–Trinajstić information content (AvgIpc) is 2.47. The fourth-order valence-electron chi connectivity index (χ4n) is 1.67. The lowest BCUT2D eigenvalue weighted by atomic mass is 10.2. The van der Waals surface area contributed by atoms with Gasteiger partial charge in [-0.15, -0.1) is 0 Å². The zero-order valence-corrected chi connectivity index (χ0v) is 11.0. The van der Waals surface area contributed by atoms with E-state index in [1.165, 1.54) is 0 Å². The lowest BCUT2D eigenvalue weighted by Crippen LogP contribution is -2.14. The first-order valence-electron chi connectivity index (χ1n) is 6.20. The number of benzene rings is 2. The van der Waals surface area contributed by atoms with E-state index in [0.717, 1.165) is 11.1 Å². The third-order valence-electron chi connectivity index (χ3n) is 2.69. The van der Waals surface area contributed by atoms with Gasteiger partial charge in [-0.05, 0) is 12.5 Å². The number of rotatable bonds is 3. The Balaban J connectivity index is 2.06. The Morgan fingerprint density at radius 3 is 2.16 bits per heavy atom. The van der Waals surface area contributed by atoms with Crippen LogP contribution in [0.25, 0.3) is 0 Å². The summed E-state index contributed by atoms with van der Waals surface area (Å²) < 4.78 is 0. The van der Waals surface area contributed by atoms with Crippen molar-refractivity contribution in [1.82, 2.24) is 0 Å². The summed E-state index contributed by atoms with van der Waals surface area (Å²) in [5.74, 6) is 1.18. The third-order valence-corrected chi connectivity index (χ3v) is 2.69. The molecule has 2 rings (SSSR count). The first-order chi connectivity index (χ1) is 9.25. The first kappa shape index (κ1) is 13.0. The van der Waals surface area contributed by atoms with Crippen LogP contribution in [0.1, 0.15) is 18.1 Å². The first-order valence-corrected chi connectivity index (χ1v) is 6.20. The van der Waals surface area contributed by atoms with Crippen molar-refractivity contribution in [3.63, 3.8) is 0 Å². The fourth-order valence-corrected chi connectivity index (χ4v) is 1.67. The molecular formula is C16H17N3. The Bertz CT molecular complexity index is 571. The molecule has 0 aliphatic carbocycles. The molecule has 0 aromatic heterocycles. The minimum Gasteiger partial charge on any atom is -0.383 e. The SMILES string of the molecule is CC(=NCc1ccccc1)N=C(N)c1ccccc1. The Labute approximate surface area is 113 Å². The van der Waals surface area contributed by atoms with Crippen LogP contribution in [0.5, 0.6) is 0 Å². The van der Waals surface area contributed by atoms with Crippen molar-refractivity contribution in [2.45, 2.75) is 13.5 Å². The van der Waals surface area contributed by atoms with E-state index in [9.17, 15) is 0 Å². The van der Waals surface area contributed by atoms with E-state index in [2.05, 4.69) is 9.98 Å². The lowest BCUT2D eigenvalue weighted by Gasteiger charge is -2.01. The Morgan fingerprint density at radius 1 is 0.947 bits per heavy atom. The molecule has 0 radical (unpaired) electrons. The zero-order chi connectivity index (χ0) is 13.5. The van der Waals surface area contributed by atoms with Crippen LogP contribution in [0.2, 0.25) is 0 Å².